The van der Waals surface area contributed by atoms with Crippen molar-refractivity contribution in [1.82, 2.24) is 20.4 Å². The van der Waals surface area contributed by atoms with Gasteiger partial charge >= 0.3 is 0 Å². The van der Waals surface area contributed by atoms with Crippen LogP contribution in [0, 0.1) is 6.92 Å². The van der Waals surface area contributed by atoms with Crippen LogP contribution in [0.2, 0.25) is 0 Å². The molecule has 2 aliphatic rings. The second kappa shape index (κ2) is 4.14. The molecule has 2 bridgehead atoms. The first kappa shape index (κ1) is 10.8. The zero-order valence-electron chi connectivity index (χ0n) is 10.1. The molecule has 5 nitrogen and oxygen atoms in total. The summed E-state index contributed by atoms with van der Waals surface area (Å²) >= 11 is 0. The van der Waals surface area contributed by atoms with Crippen LogP contribution in [0.1, 0.15) is 35.3 Å². The zero-order valence-corrected chi connectivity index (χ0v) is 10.1. The van der Waals surface area contributed by atoms with Crippen molar-refractivity contribution >= 4 is 5.91 Å². The standard InChI is InChI=1S/C12H18N4O/c1-8-11(7-14-15-8)12(17)16-9-2-3-10(16)6-13-5-4-9/h7,9-10,13H,2-6H2,1H3,(H,14,15). The average molecular weight is 234 g/mol. The molecule has 0 saturated carbocycles. The minimum atomic E-state index is 0.146. The van der Waals surface area contributed by atoms with Crippen molar-refractivity contribution in [3.05, 3.63) is 17.5 Å². The lowest BCUT2D eigenvalue weighted by molar-refractivity contribution is 0.0679. The van der Waals surface area contributed by atoms with Crippen LogP contribution in [0.15, 0.2) is 6.20 Å². The number of rotatable bonds is 1. The summed E-state index contributed by atoms with van der Waals surface area (Å²) < 4.78 is 0. The molecule has 5 heteroatoms. The molecule has 1 aromatic rings. The molecule has 3 rings (SSSR count). The Bertz CT molecular complexity index is 414. The Kier molecular flexibility index (Phi) is 2.63. The van der Waals surface area contributed by atoms with Crippen molar-refractivity contribution in [2.24, 2.45) is 0 Å². The fourth-order valence-corrected chi connectivity index (χ4v) is 3.02. The van der Waals surface area contributed by atoms with E-state index >= 15 is 0 Å². The van der Waals surface area contributed by atoms with Gasteiger partial charge < -0.3 is 10.2 Å². The largest absolute Gasteiger partial charge is 0.331 e. The summed E-state index contributed by atoms with van der Waals surface area (Å²) in [5, 5.41) is 10.2. The number of carbonyl (C=O) groups is 1. The van der Waals surface area contributed by atoms with Gasteiger partial charge in [0.2, 0.25) is 0 Å². The number of aromatic amines is 1. The highest BCUT2D eigenvalue weighted by atomic mass is 16.2. The summed E-state index contributed by atoms with van der Waals surface area (Å²) in [5.74, 6) is 0.146. The van der Waals surface area contributed by atoms with E-state index in [1.807, 2.05) is 6.92 Å². The van der Waals surface area contributed by atoms with Crippen LogP contribution in [0.4, 0.5) is 0 Å². The summed E-state index contributed by atoms with van der Waals surface area (Å²) in [6.07, 6.45) is 4.99. The van der Waals surface area contributed by atoms with Gasteiger partial charge in [-0.3, -0.25) is 9.89 Å². The maximum Gasteiger partial charge on any atom is 0.257 e. The van der Waals surface area contributed by atoms with Crippen LogP contribution in [0.5, 0.6) is 0 Å². The maximum atomic E-state index is 12.5. The smallest absolute Gasteiger partial charge is 0.257 e. The summed E-state index contributed by atoms with van der Waals surface area (Å²) in [5.41, 5.74) is 1.59. The first-order chi connectivity index (χ1) is 8.27. The topological polar surface area (TPSA) is 61.0 Å². The molecular weight excluding hydrogens is 216 g/mol. The normalized spacial score (nSPS) is 28.2. The number of hydrogen-bond acceptors (Lipinski definition) is 3. The van der Waals surface area contributed by atoms with Gasteiger partial charge in [-0.25, -0.2) is 0 Å². The highest BCUT2D eigenvalue weighted by molar-refractivity contribution is 5.95. The number of hydrogen-bond donors (Lipinski definition) is 2. The lowest BCUT2D eigenvalue weighted by Crippen LogP contribution is -2.42. The van der Waals surface area contributed by atoms with Crippen LogP contribution in [0.25, 0.3) is 0 Å². The second-order valence-corrected chi connectivity index (χ2v) is 5.00. The number of amides is 1. The molecule has 0 aromatic carbocycles. The molecule has 17 heavy (non-hydrogen) atoms. The molecule has 2 saturated heterocycles. The van der Waals surface area contributed by atoms with E-state index in [0.717, 1.165) is 43.6 Å². The van der Waals surface area contributed by atoms with E-state index in [0.29, 0.717) is 12.1 Å². The van der Waals surface area contributed by atoms with Crippen molar-refractivity contribution < 1.29 is 4.79 Å². The highest BCUT2D eigenvalue weighted by Gasteiger charge is 2.38. The molecule has 0 aliphatic carbocycles. The van der Waals surface area contributed by atoms with Crippen molar-refractivity contribution in [2.45, 2.75) is 38.3 Å². The van der Waals surface area contributed by atoms with Crippen LogP contribution in [0.3, 0.4) is 0 Å². The van der Waals surface area contributed by atoms with E-state index in [1.54, 1.807) is 6.20 Å². The van der Waals surface area contributed by atoms with Gasteiger partial charge in [0.1, 0.15) is 0 Å². The fourth-order valence-electron chi connectivity index (χ4n) is 3.02. The Labute approximate surface area is 101 Å². The maximum absolute atomic E-state index is 12.5. The predicted molar refractivity (Wildman–Crippen MR) is 63.8 cm³/mol. The van der Waals surface area contributed by atoms with E-state index in [1.165, 1.54) is 0 Å². The molecule has 2 unspecified atom stereocenters. The molecule has 92 valence electrons. The third-order valence-electron chi connectivity index (χ3n) is 3.95. The molecular formula is C12H18N4O. The predicted octanol–water partition coefficient (Wildman–Crippen LogP) is 0.685. The molecule has 2 atom stereocenters. The van der Waals surface area contributed by atoms with E-state index in [2.05, 4.69) is 20.4 Å². The van der Waals surface area contributed by atoms with Crippen molar-refractivity contribution in [3.8, 4) is 0 Å². The van der Waals surface area contributed by atoms with Gasteiger partial charge in [-0.05, 0) is 32.7 Å². The molecule has 1 amide bonds. The number of aromatic nitrogens is 2. The van der Waals surface area contributed by atoms with Crippen LogP contribution < -0.4 is 5.32 Å². The first-order valence-corrected chi connectivity index (χ1v) is 6.30. The molecule has 2 fully saturated rings. The Morgan fingerprint density at radius 2 is 2.24 bits per heavy atom. The van der Waals surface area contributed by atoms with Gasteiger partial charge in [-0.2, -0.15) is 5.10 Å². The first-order valence-electron chi connectivity index (χ1n) is 6.30. The number of carbonyl (C=O) groups excluding carboxylic acids is 1. The Morgan fingerprint density at radius 3 is 3.00 bits per heavy atom. The van der Waals surface area contributed by atoms with Crippen molar-refractivity contribution in [3.63, 3.8) is 0 Å². The van der Waals surface area contributed by atoms with Crippen LogP contribution in [-0.2, 0) is 0 Å². The third-order valence-corrected chi connectivity index (χ3v) is 3.95. The summed E-state index contributed by atoms with van der Waals surface area (Å²) in [6.45, 7) is 3.85. The molecule has 0 radical (unpaired) electrons. The van der Waals surface area contributed by atoms with E-state index in [9.17, 15) is 4.79 Å². The van der Waals surface area contributed by atoms with Gasteiger partial charge in [0, 0.05) is 24.3 Å². The van der Waals surface area contributed by atoms with Gasteiger partial charge in [-0.1, -0.05) is 0 Å². The summed E-state index contributed by atoms with van der Waals surface area (Å²) in [4.78, 5) is 14.6. The third kappa shape index (κ3) is 1.74. The quantitative estimate of drug-likeness (QED) is 0.751. The number of nitrogens with one attached hydrogen (secondary N) is 2. The Morgan fingerprint density at radius 1 is 1.41 bits per heavy atom. The molecule has 2 aliphatic heterocycles. The molecule has 1 aromatic heterocycles. The van der Waals surface area contributed by atoms with Gasteiger partial charge in [0.25, 0.3) is 5.91 Å². The second-order valence-electron chi connectivity index (χ2n) is 5.00. The highest BCUT2D eigenvalue weighted by Crippen LogP contribution is 2.29. The fraction of sp³-hybridized carbons (Fsp3) is 0.667. The number of aryl methyl sites for hydroxylation is 1. The zero-order chi connectivity index (χ0) is 11.8. The van der Waals surface area contributed by atoms with Gasteiger partial charge in [0.05, 0.1) is 11.8 Å². The molecule has 2 N–H and O–H groups in total. The molecule has 0 spiro atoms. The lowest BCUT2D eigenvalue weighted by atomic mass is 10.1. The van der Waals surface area contributed by atoms with Crippen LogP contribution in [-0.4, -0.2) is 46.2 Å². The Hall–Kier alpha value is -1.36. The SMILES string of the molecule is Cc1[nH]ncc1C(=O)N1C2CCNCC1CC2. The average Bonchev–Trinajstić information content (AvgIpc) is 2.81. The van der Waals surface area contributed by atoms with Crippen LogP contribution >= 0.6 is 0 Å². The summed E-state index contributed by atoms with van der Waals surface area (Å²) in [7, 11) is 0. The van der Waals surface area contributed by atoms with Gasteiger partial charge in [0.15, 0.2) is 0 Å². The van der Waals surface area contributed by atoms with Crippen molar-refractivity contribution in [2.75, 3.05) is 13.1 Å². The number of fused-ring (bicyclic) bond motifs is 2. The summed E-state index contributed by atoms with van der Waals surface area (Å²) in [6, 6.07) is 0.779. The lowest BCUT2D eigenvalue weighted by Gasteiger charge is -2.27. The number of nitrogens with zero attached hydrogens (tertiary/aromatic N) is 2. The number of H-pyrrole nitrogens is 1. The van der Waals surface area contributed by atoms with Gasteiger partial charge in [-0.15, -0.1) is 0 Å². The monoisotopic (exact) mass is 234 g/mol. The van der Waals surface area contributed by atoms with E-state index < -0.39 is 0 Å². The Balaban J connectivity index is 1.88. The molecule has 3 heterocycles. The van der Waals surface area contributed by atoms with E-state index in [4.69, 9.17) is 0 Å². The van der Waals surface area contributed by atoms with E-state index in [-0.39, 0.29) is 5.91 Å². The van der Waals surface area contributed by atoms with Crippen molar-refractivity contribution in [1.29, 1.82) is 0 Å². The minimum absolute atomic E-state index is 0.146. The minimum Gasteiger partial charge on any atom is -0.331 e.